The lowest BCUT2D eigenvalue weighted by molar-refractivity contribution is 0.0767. The van der Waals surface area contributed by atoms with Crippen molar-refractivity contribution in [2.24, 2.45) is 0 Å². The molecule has 0 aliphatic heterocycles. The molecule has 0 amide bonds. The van der Waals surface area contributed by atoms with Gasteiger partial charge in [-0.1, -0.05) is 54.1 Å². The second-order valence-electron chi connectivity index (χ2n) is 5.39. The van der Waals surface area contributed by atoms with Crippen molar-refractivity contribution in [1.82, 2.24) is 4.90 Å². The minimum atomic E-state index is -0.544. The van der Waals surface area contributed by atoms with E-state index in [-0.39, 0.29) is 6.61 Å². The van der Waals surface area contributed by atoms with Crippen molar-refractivity contribution in [3.8, 4) is 5.75 Å². The minimum Gasteiger partial charge on any atom is -0.489 e. The highest BCUT2D eigenvalue weighted by atomic mass is 35.5. The van der Waals surface area contributed by atoms with Crippen molar-refractivity contribution >= 4 is 11.6 Å². The third kappa shape index (κ3) is 5.68. The molecule has 2 aromatic rings. The first-order valence-corrected chi connectivity index (χ1v) is 7.81. The summed E-state index contributed by atoms with van der Waals surface area (Å²) in [5.74, 6) is 0.607. The molecular weight excluding hydrogens is 298 g/mol. The number of halogens is 1. The molecular formula is C18H22ClNO2. The van der Waals surface area contributed by atoms with Crippen molar-refractivity contribution in [3.63, 3.8) is 0 Å². The maximum atomic E-state index is 10.1. The molecule has 1 unspecified atom stereocenters. The molecule has 0 saturated heterocycles. The number of para-hydroxylation sites is 1. The molecule has 0 fully saturated rings. The molecule has 3 nitrogen and oxygen atoms in total. The first-order valence-electron chi connectivity index (χ1n) is 7.43. The van der Waals surface area contributed by atoms with Crippen LogP contribution in [0.15, 0.2) is 54.6 Å². The summed E-state index contributed by atoms with van der Waals surface area (Å²) in [4.78, 5) is 2.10. The van der Waals surface area contributed by atoms with E-state index in [4.69, 9.17) is 16.3 Å². The molecule has 0 aliphatic rings. The number of aliphatic hydroxyl groups excluding tert-OH is 1. The van der Waals surface area contributed by atoms with Crippen LogP contribution in [0.25, 0.3) is 0 Å². The molecule has 0 aliphatic carbocycles. The third-order valence-corrected chi connectivity index (χ3v) is 3.73. The molecule has 0 heterocycles. The van der Waals surface area contributed by atoms with Crippen molar-refractivity contribution in [1.29, 1.82) is 0 Å². The molecule has 118 valence electrons. The summed E-state index contributed by atoms with van der Waals surface area (Å²) in [6, 6.07) is 17.6. The van der Waals surface area contributed by atoms with Crippen LogP contribution in [-0.2, 0) is 6.42 Å². The number of aliphatic hydroxyl groups is 1. The Morgan fingerprint density at radius 2 is 1.77 bits per heavy atom. The van der Waals surface area contributed by atoms with Gasteiger partial charge in [0.1, 0.15) is 18.5 Å². The average Bonchev–Trinajstić information content (AvgIpc) is 2.53. The molecule has 1 N–H and O–H groups in total. The smallest absolute Gasteiger partial charge is 0.138 e. The van der Waals surface area contributed by atoms with E-state index in [0.29, 0.717) is 17.3 Å². The van der Waals surface area contributed by atoms with Gasteiger partial charge in [0.2, 0.25) is 0 Å². The highest BCUT2D eigenvalue weighted by Gasteiger charge is 2.10. The molecule has 22 heavy (non-hydrogen) atoms. The van der Waals surface area contributed by atoms with Crippen LogP contribution in [0.3, 0.4) is 0 Å². The summed E-state index contributed by atoms with van der Waals surface area (Å²) in [6.07, 6.45) is 0.423. The van der Waals surface area contributed by atoms with Gasteiger partial charge in [-0.2, -0.15) is 0 Å². The second-order valence-corrected chi connectivity index (χ2v) is 5.80. The van der Waals surface area contributed by atoms with E-state index in [1.165, 1.54) is 5.56 Å². The van der Waals surface area contributed by atoms with Crippen molar-refractivity contribution in [2.45, 2.75) is 12.5 Å². The fourth-order valence-corrected chi connectivity index (χ4v) is 2.41. The molecule has 0 saturated carbocycles. The Kier molecular flexibility index (Phi) is 6.72. The summed E-state index contributed by atoms with van der Waals surface area (Å²) < 4.78 is 5.55. The fourth-order valence-electron chi connectivity index (χ4n) is 2.22. The Morgan fingerprint density at radius 3 is 2.50 bits per heavy atom. The zero-order valence-corrected chi connectivity index (χ0v) is 13.5. The van der Waals surface area contributed by atoms with E-state index < -0.39 is 6.10 Å². The van der Waals surface area contributed by atoms with Gasteiger partial charge in [0, 0.05) is 13.1 Å². The number of hydrogen-bond donors (Lipinski definition) is 1. The minimum absolute atomic E-state index is 0.236. The number of ether oxygens (including phenoxy) is 1. The molecule has 2 aromatic carbocycles. The lowest BCUT2D eigenvalue weighted by atomic mass is 10.1. The van der Waals surface area contributed by atoms with Gasteiger partial charge < -0.3 is 14.7 Å². The highest BCUT2D eigenvalue weighted by molar-refractivity contribution is 6.32. The van der Waals surface area contributed by atoms with Gasteiger partial charge in [0.05, 0.1) is 5.02 Å². The molecule has 4 heteroatoms. The quantitative estimate of drug-likeness (QED) is 0.810. The van der Waals surface area contributed by atoms with Gasteiger partial charge in [-0.3, -0.25) is 0 Å². The standard InChI is InChI=1S/C18H22ClNO2/c1-20(12-11-15-7-3-2-4-8-15)13-16(21)14-22-18-10-6-5-9-17(18)19/h2-10,16,21H,11-14H2,1H3. The monoisotopic (exact) mass is 319 g/mol. The van der Waals surface area contributed by atoms with Crippen molar-refractivity contribution in [3.05, 3.63) is 65.2 Å². The lowest BCUT2D eigenvalue weighted by Crippen LogP contribution is -2.34. The van der Waals surface area contributed by atoms with Crippen LogP contribution in [0.1, 0.15) is 5.56 Å². The Balaban J connectivity index is 1.70. The number of likely N-dealkylation sites (N-methyl/N-ethyl adjacent to an activating group) is 1. The van der Waals surface area contributed by atoms with E-state index in [1.807, 2.05) is 37.4 Å². The maximum Gasteiger partial charge on any atom is 0.138 e. The molecule has 0 bridgehead atoms. The molecule has 0 spiro atoms. The molecule has 0 radical (unpaired) electrons. The number of hydrogen-bond acceptors (Lipinski definition) is 3. The Bertz CT molecular complexity index is 562. The molecule has 1 atom stereocenters. The SMILES string of the molecule is CN(CCc1ccccc1)CC(O)COc1ccccc1Cl. The average molecular weight is 320 g/mol. The van der Waals surface area contributed by atoms with Crippen LogP contribution in [0.5, 0.6) is 5.75 Å². The first-order chi connectivity index (χ1) is 10.6. The van der Waals surface area contributed by atoms with Crippen molar-refractivity contribution < 1.29 is 9.84 Å². The van der Waals surface area contributed by atoms with Gasteiger partial charge in [-0.15, -0.1) is 0 Å². The van der Waals surface area contributed by atoms with Crippen LogP contribution in [-0.4, -0.2) is 42.9 Å². The van der Waals surface area contributed by atoms with Gasteiger partial charge in [-0.25, -0.2) is 0 Å². The number of benzene rings is 2. The summed E-state index contributed by atoms with van der Waals surface area (Å²) in [6.45, 7) is 1.70. The van der Waals surface area contributed by atoms with Crippen LogP contribution in [0.2, 0.25) is 5.02 Å². The van der Waals surface area contributed by atoms with Gasteiger partial charge >= 0.3 is 0 Å². The summed E-state index contributed by atoms with van der Waals surface area (Å²) in [7, 11) is 2.00. The van der Waals surface area contributed by atoms with E-state index in [1.54, 1.807) is 12.1 Å². The Labute approximate surface area is 137 Å². The van der Waals surface area contributed by atoms with Crippen LogP contribution >= 0.6 is 11.6 Å². The maximum absolute atomic E-state index is 10.1. The topological polar surface area (TPSA) is 32.7 Å². The summed E-state index contributed by atoms with van der Waals surface area (Å²) in [5, 5.41) is 10.6. The van der Waals surface area contributed by atoms with Crippen LogP contribution in [0.4, 0.5) is 0 Å². The van der Waals surface area contributed by atoms with E-state index in [9.17, 15) is 5.11 Å². The normalized spacial score (nSPS) is 12.4. The highest BCUT2D eigenvalue weighted by Crippen LogP contribution is 2.23. The fraction of sp³-hybridized carbons (Fsp3) is 0.333. The lowest BCUT2D eigenvalue weighted by Gasteiger charge is -2.21. The van der Waals surface area contributed by atoms with Gasteiger partial charge in [0.15, 0.2) is 0 Å². The molecule has 0 aromatic heterocycles. The summed E-state index contributed by atoms with van der Waals surface area (Å²) in [5.41, 5.74) is 1.30. The Morgan fingerprint density at radius 1 is 1.09 bits per heavy atom. The van der Waals surface area contributed by atoms with Gasteiger partial charge in [0.25, 0.3) is 0 Å². The van der Waals surface area contributed by atoms with E-state index in [2.05, 4.69) is 17.0 Å². The van der Waals surface area contributed by atoms with Crippen LogP contribution < -0.4 is 4.74 Å². The zero-order chi connectivity index (χ0) is 15.8. The number of rotatable bonds is 8. The predicted octanol–water partition coefficient (Wildman–Crippen LogP) is 3.25. The van der Waals surface area contributed by atoms with Crippen molar-refractivity contribution in [2.75, 3.05) is 26.7 Å². The van der Waals surface area contributed by atoms with Gasteiger partial charge in [-0.05, 0) is 31.2 Å². The van der Waals surface area contributed by atoms with E-state index >= 15 is 0 Å². The first kappa shape index (κ1) is 16.8. The molecule has 2 rings (SSSR count). The number of nitrogens with zero attached hydrogens (tertiary/aromatic N) is 1. The largest absolute Gasteiger partial charge is 0.489 e. The second kappa shape index (κ2) is 8.79. The Hall–Kier alpha value is -1.55. The van der Waals surface area contributed by atoms with E-state index in [0.717, 1.165) is 13.0 Å². The summed E-state index contributed by atoms with van der Waals surface area (Å²) >= 11 is 6.01. The van der Waals surface area contributed by atoms with Crippen LogP contribution in [0, 0.1) is 0 Å². The zero-order valence-electron chi connectivity index (χ0n) is 12.8. The third-order valence-electron chi connectivity index (χ3n) is 3.42. The predicted molar refractivity (Wildman–Crippen MR) is 90.6 cm³/mol.